The number of carbonyl (C=O) groups excluding carboxylic acids is 5. The predicted octanol–water partition coefficient (Wildman–Crippen LogP) is 1.41. The third-order valence-corrected chi connectivity index (χ3v) is 14.5. The molecule has 4 fully saturated rings. The van der Waals surface area contributed by atoms with Gasteiger partial charge in [-0.25, -0.2) is 18.0 Å². The minimum absolute atomic E-state index is 0.127. The van der Waals surface area contributed by atoms with Gasteiger partial charge >= 0.3 is 11.9 Å². The maximum absolute atomic E-state index is 13.7. The number of β-lactam (4-membered cyclic amide) rings is 2. The molecule has 2 unspecified atom stereocenters. The predicted molar refractivity (Wildman–Crippen MR) is 160 cm³/mol. The van der Waals surface area contributed by atoms with Gasteiger partial charge in [-0.15, -0.1) is 23.4 Å². The van der Waals surface area contributed by atoms with Gasteiger partial charge in [0.2, 0.25) is 23.1 Å². The monoisotopic (exact) mass is 748 g/mol. The summed E-state index contributed by atoms with van der Waals surface area (Å²) in [4.78, 5) is 69.7. The second-order valence-corrected chi connectivity index (χ2v) is 17.8. The van der Waals surface area contributed by atoms with Crippen LogP contribution in [0.15, 0.2) is 29.4 Å². The SMILES string of the molecule is CC1(C)S[C@@H]2[C@H](Cl)C(=O)N2[C@H]1C(=O)OCOC(=O)[C@@H]1N2C(=O)C(Br)(NC(=O)C(N=[N+]=[N-])c3ccc(O)cc3)[C@H]2S(=O)(=O)C1(C)C. The number of alkyl halides is 2. The van der Waals surface area contributed by atoms with Crippen LogP contribution in [0.1, 0.15) is 39.3 Å². The van der Waals surface area contributed by atoms with Gasteiger partial charge < -0.3 is 29.7 Å². The van der Waals surface area contributed by atoms with E-state index in [0.717, 1.165) is 4.90 Å². The normalized spacial score (nSPS) is 32.2. The molecule has 0 bridgehead atoms. The standard InChI is InChI=1S/C25H26BrClN6O10S2/c1-23(2)14(32-17(36)12(27)18(32)44-23)19(37)42-9-43-20(38)15-24(3,4)45(40,41)22-25(26,21(39)33(15)22)29-16(35)13(30-31-28)10-5-7-11(34)8-6-10/h5-8,12-15,18,22,34H,9H2,1-4H3,(H,29,35)/t12-,13?,14+,15+,18-,22-,25?/m1/s1. The number of phenolic OH excluding ortho intramolecular Hbond substituents is 1. The van der Waals surface area contributed by atoms with E-state index in [-0.39, 0.29) is 11.3 Å². The first kappa shape index (κ1) is 33.1. The lowest BCUT2D eigenvalue weighted by atomic mass is 9.95. The molecule has 20 heteroatoms. The van der Waals surface area contributed by atoms with E-state index in [4.69, 9.17) is 26.6 Å². The number of amides is 3. The van der Waals surface area contributed by atoms with Gasteiger partial charge in [-0.1, -0.05) is 17.2 Å². The van der Waals surface area contributed by atoms with Crippen LogP contribution in [0.5, 0.6) is 5.75 Å². The highest BCUT2D eigenvalue weighted by Gasteiger charge is 2.79. The molecule has 0 aliphatic carbocycles. The van der Waals surface area contributed by atoms with E-state index in [9.17, 15) is 37.5 Å². The van der Waals surface area contributed by atoms with E-state index >= 15 is 0 Å². The number of hydrogen-bond acceptors (Lipinski definition) is 12. The number of fused-ring (bicyclic) bond motifs is 2. The Labute approximate surface area is 273 Å². The summed E-state index contributed by atoms with van der Waals surface area (Å²) >= 11 is 10.4. The summed E-state index contributed by atoms with van der Waals surface area (Å²) in [7, 11) is -4.40. The summed E-state index contributed by atoms with van der Waals surface area (Å²) in [5.41, 5.74) is 9.15. The minimum Gasteiger partial charge on any atom is -0.508 e. The van der Waals surface area contributed by atoms with Crippen LogP contribution in [0.25, 0.3) is 10.4 Å². The zero-order valence-corrected chi connectivity index (χ0v) is 27.9. The van der Waals surface area contributed by atoms with Crippen molar-refractivity contribution in [1.29, 1.82) is 0 Å². The summed E-state index contributed by atoms with van der Waals surface area (Å²) in [5.74, 6) is -4.64. The lowest BCUT2D eigenvalue weighted by molar-refractivity contribution is -0.181. The average Bonchev–Trinajstić information content (AvgIpc) is 3.31. The molecule has 1 aromatic carbocycles. The number of nitrogens with zero attached hydrogens (tertiary/aromatic N) is 5. The molecule has 242 valence electrons. The lowest BCUT2D eigenvalue weighted by Crippen LogP contribution is -2.78. The van der Waals surface area contributed by atoms with Gasteiger partial charge in [0.15, 0.2) is 21.3 Å². The summed E-state index contributed by atoms with van der Waals surface area (Å²) in [5, 5.41) is 12.3. The number of halogens is 2. The fourth-order valence-electron chi connectivity index (χ4n) is 5.91. The minimum atomic E-state index is -4.40. The van der Waals surface area contributed by atoms with Crippen LogP contribution in [-0.2, 0) is 43.3 Å². The van der Waals surface area contributed by atoms with E-state index in [1.165, 1.54) is 54.8 Å². The van der Waals surface area contributed by atoms with Gasteiger partial charge in [0.1, 0.15) is 33.3 Å². The number of thioether (sulfide) groups is 1. The van der Waals surface area contributed by atoms with E-state index < -0.39 is 94.5 Å². The van der Waals surface area contributed by atoms with Crippen molar-refractivity contribution in [3.63, 3.8) is 0 Å². The molecule has 4 aliphatic heterocycles. The topological polar surface area (TPSA) is 225 Å². The number of rotatable bonds is 8. The molecule has 3 amide bonds. The summed E-state index contributed by atoms with van der Waals surface area (Å²) < 4.78 is 32.7. The van der Waals surface area contributed by atoms with Gasteiger partial charge in [-0.3, -0.25) is 14.4 Å². The second-order valence-electron chi connectivity index (χ2n) is 11.7. The molecule has 0 saturated carbocycles. The number of phenols is 1. The van der Waals surface area contributed by atoms with Crippen LogP contribution >= 0.6 is 39.3 Å². The highest BCUT2D eigenvalue weighted by molar-refractivity contribution is 9.10. The quantitative estimate of drug-likeness (QED) is 0.0565. The summed E-state index contributed by atoms with van der Waals surface area (Å²) in [6.45, 7) is 4.95. The van der Waals surface area contributed by atoms with Crippen LogP contribution in [-0.4, -0.2) is 102 Å². The molecule has 1 aromatic rings. The van der Waals surface area contributed by atoms with Gasteiger partial charge in [0.05, 0.1) is 0 Å². The maximum atomic E-state index is 13.7. The fraction of sp³-hybridized carbons (Fsp3) is 0.560. The Bertz CT molecular complexity index is 1670. The second kappa shape index (κ2) is 10.9. The number of esters is 2. The Hall–Kier alpha value is -3.25. The Kier molecular flexibility index (Phi) is 8.05. The molecular formula is C25H26BrClN6O10S2. The van der Waals surface area contributed by atoms with Crippen molar-refractivity contribution in [3.8, 4) is 5.75 Å². The van der Waals surface area contributed by atoms with Crippen molar-refractivity contribution in [2.45, 2.75) is 75.9 Å². The van der Waals surface area contributed by atoms with Crippen molar-refractivity contribution < 1.29 is 47.0 Å². The fourth-order valence-corrected chi connectivity index (χ4v) is 11.4. The zero-order chi connectivity index (χ0) is 33.4. The van der Waals surface area contributed by atoms with Crippen molar-refractivity contribution in [2.24, 2.45) is 5.11 Å². The number of nitrogens with one attached hydrogen (secondary N) is 1. The highest BCUT2D eigenvalue weighted by atomic mass is 79.9. The summed E-state index contributed by atoms with van der Waals surface area (Å²) in [6.07, 6.45) is 0. The smallest absolute Gasteiger partial charge is 0.333 e. The van der Waals surface area contributed by atoms with Crippen molar-refractivity contribution in [1.82, 2.24) is 15.1 Å². The number of azide groups is 1. The molecule has 7 atom stereocenters. The van der Waals surface area contributed by atoms with Crippen LogP contribution in [0.2, 0.25) is 0 Å². The van der Waals surface area contributed by atoms with E-state index in [0.29, 0.717) is 0 Å². The number of aromatic hydroxyl groups is 1. The van der Waals surface area contributed by atoms with Crippen molar-refractivity contribution >= 4 is 78.8 Å². The molecular weight excluding hydrogens is 724 g/mol. The Morgan fingerprint density at radius 2 is 1.71 bits per heavy atom. The van der Waals surface area contributed by atoms with Crippen LogP contribution in [0, 0.1) is 0 Å². The van der Waals surface area contributed by atoms with Crippen molar-refractivity contribution in [2.75, 3.05) is 6.79 Å². The van der Waals surface area contributed by atoms with Crippen LogP contribution in [0.4, 0.5) is 0 Å². The lowest BCUT2D eigenvalue weighted by Gasteiger charge is -2.49. The highest BCUT2D eigenvalue weighted by Crippen LogP contribution is 2.54. The Balaban J connectivity index is 1.29. The van der Waals surface area contributed by atoms with Gasteiger partial charge in [0.25, 0.3) is 5.91 Å². The molecule has 45 heavy (non-hydrogen) atoms. The van der Waals surface area contributed by atoms with Crippen molar-refractivity contribution in [3.05, 3.63) is 40.3 Å². The third kappa shape index (κ3) is 4.81. The summed E-state index contributed by atoms with van der Waals surface area (Å²) in [6, 6.07) is 0.849. The first-order valence-corrected chi connectivity index (χ1v) is 16.9. The molecule has 0 radical (unpaired) electrons. The van der Waals surface area contributed by atoms with Gasteiger partial charge in [-0.2, -0.15) is 0 Å². The molecule has 0 spiro atoms. The third-order valence-electron chi connectivity index (χ3n) is 8.26. The molecule has 16 nitrogen and oxygen atoms in total. The van der Waals surface area contributed by atoms with E-state index in [1.54, 1.807) is 13.8 Å². The molecule has 0 aromatic heterocycles. The number of ether oxygens (including phenoxy) is 2. The Morgan fingerprint density at radius 1 is 1.13 bits per heavy atom. The molecule has 4 heterocycles. The number of hydrogen-bond donors (Lipinski definition) is 2. The number of sulfone groups is 1. The number of benzene rings is 1. The molecule has 5 rings (SSSR count). The molecule has 2 N–H and O–H groups in total. The largest absolute Gasteiger partial charge is 0.508 e. The Morgan fingerprint density at radius 3 is 2.29 bits per heavy atom. The first-order valence-electron chi connectivity index (χ1n) is 13.2. The van der Waals surface area contributed by atoms with Gasteiger partial charge in [0, 0.05) is 9.66 Å². The van der Waals surface area contributed by atoms with Gasteiger partial charge in [-0.05, 0) is 66.9 Å². The van der Waals surface area contributed by atoms with Crippen LogP contribution in [0.3, 0.4) is 0 Å². The maximum Gasteiger partial charge on any atom is 0.333 e. The van der Waals surface area contributed by atoms with E-state index in [1.807, 2.05) is 0 Å². The number of carbonyl (C=O) groups is 5. The first-order chi connectivity index (χ1) is 20.8. The molecule has 4 saturated heterocycles. The molecule has 4 aliphatic rings. The van der Waals surface area contributed by atoms with E-state index in [2.05, 4.69) is 31.3 Å². The zero-order valence-electron chi connectivity index (χ0n) is 23.9. The average molecular weight is 750 g/mol. The van der Waals surface area contributed by atoms with Crippen LogP contribution < -0.4 is 5.32 Å².